The first-order chi connectivity index (χ1) is 16.6. The second-order valence-corrected chi connectivity index (χ2v) is 11.0. The van der Waals surface area contributed by atoms with E-state index in [1.165, 1.54) is 28.6 Å². The molecule has 1 aromatic carbocycles. The molecule has 1 saturated heterocycles. The van der Waals surface area contributed by atoms with E-state index in [0.717, 1.165) is 60.1 Å². The SMILES string of the molecule is COc1ccc(OC)c([C@H]2CCCN2C(=O)CSc2nnc(-c3cc4c(s3)CC[C@H](C)C4)o2)c1. The number of methoxy groups -OCH3 is 2. The number of carbonyl (C=O) groups excluding carboxylic acids is 1. The predicted molar refractivity (Wildman–Crippen MR) is 133 cm³/mol. The van der Waals surface area contributed by atoms with Crippen LogP contribution in [0.1, 0.15) is 48.2 Å². The van der Waals surface area contributed by atoms with Gasteiger partial charge in [0.2, 0.25) is 5.91 Å². The van der Waals surface area contributed by atoms with E-state index in [1.54, 1.807) is 25.6 Å². The topological polar surface area (TPSA) is 77.7 Å². The zero-order chi connectivity index (χ0) is 23.7. The first kappa shape index (κ1) is 23.2. The van der Waals surface area contributed by atoms with Gasteiger partial charge in [0.15, 0.2) is 0 Å². The number of aromatic nitrogens is 2. The summed E-state index contributed by atoms with van der Waals surface area (Å²) in [6.45, 7) is 3.02. The number of carbonyl (C=O) groups is 1. The molecule has 5 rings (SSSR count). The third-order valence-electron chi connectivity index (χ3n) is 6.63. The van der Waals surface area contributed by atoms with Crippen LogP contribution in [0.15, 0.2) is 33.9 Å². The predicted octanol–water partition coefficient (Wildman–Crippen LogP) is 5.40. The first-order valence-corrected chi connectivity index (χ1v) is 13.5. The van der Waals surface area contributed by atoms with Crippen molar-refractivity contribution >= 4 is 29.0 Å². The number of amides is 1. The lowest BCUT2D eigenvalue weighted by atomic mass is 9.90. The molecule has 1 amide bonds. The monoisotopic (exact) mass is 499 g/mol. The highest BCUT2D eigenvalue weighted by Crippen LogP contribution is 2.40. The number of hydrogen-bond donors (Lipinski definition) is 0. The van der Waals surface area contributed by atoms with Crippen molar-refractivity contribution in [2.45, 2.75) is 50.3 Å². The van der Waals surface area contributed by atoms with Crippen LogP contribution in [0.3, 0.4) is 0 Å². The molecule has 0 N–H and O–H groups in total. The number of rotatable bonds is 7. The van der Waals surface area contributed by atoms with Gasteiger partial charge in [-0.3, -0.25) is 4.79 Å². The van der Waals surface area contributed by atoms with Gasteiger partial charge < -0.3 is 18.8 Å². The van der Waals surface area contributed by atoms with Crippen molar-refractivity contribution in [2.24, 2.45) is 5.92 Å². The lowest BCUT2D eigenvalue weighted by Crippen LogP contribution is -2.32. The number of ether oxygens (including phenoxy) is 2. The lowest BCUT2D eigenvalue weighted by molar-refractivity contribution is -0.129. The van der Waals surface area contributed by atoms with E-state index in [2.05, 4.69) is 23.2 Å². The number of likely N-dealkylation sites (tertiary alicyclic amines) is 1. The number of aryl methyl sites for hydroxylation is 1. The number of hydrogen-bond acceptors (Lipinski definition) is 8. The first-order valence-electron chi connectivity index (χ1n) is 11.7. The number of nitrogens with zero attached hydrogens (tertiary/aromatic N) is 3. The van der Waals surface area contributed by atoms with Crippen LogP contribution < -0.4 is 9.47 Å². The van der Waals surface area contributed by atoms with Crippen molar-refractivity contribution in [1.82, 2.24) is 15.1 Å². The minimum Gasteiger partial charge on any atom is -0.497 e. The maximum atomic E-state index is 13.1. The quantitative estimate of drug-likeness (QED) is 0.403. The maximum absolute atomic E-state index is 13.1. The molecule has 0 unspecified atom stereocenters. The molecule has 1 aliphatic carbocycles. The molecule has 0 saturated carbocycles. The Labute approximate surface area is 207 Å². The fraction of sp³-hybridized carbons (Fsp3) is 0.480. The number of fused-ring (bicyclic) bond motifs is 1. The van der Waals surface area contributed by atoms with Crippen molar-refractivity contribution in [2.75, 3.05) is 26.5 Å². The summed E-state index contributed by atoms with van der Waals surface area (Å²) in [6, 6.07) is 7.90. The largest absolute Gasteiger partial charge is 0.497 e. The summed E-state index contributed by atoms with van der Waals surface area (Å²) in [4.78, 5) is 17.5. The van der Waals surface area contributed by atoms with Crippen molar-refractivity contribution in [3.05, 3.63) is 40.3 Å². The highest BCUT2D eigenvalue weighted by Gasteiger charge is 2.32. The van der Waals surface area contributed by atoms with Gasteiger partial charge in [0, 0.05) is 17.0 Å². The summed E-state index contributed by atoms with van der Waals surface area (Å²) in [5.74, 6) is 3.10. The summed E-state index contributed by atoms with van der Waals surface area (Å²) < 4.78 is 16.9. The van der Waals surface area contributed by atoms with Gasteiger partial charge in [-0.15, -0.1) is 21.5 Å². The van der Waals surface area contributed by atoms with E-state index < -0.39 is 0 Å². The molecule has 3 aromatic rings. The molecule has 34 heavy (non-hydrogen) atoms. The molecule has 2 aliphatic rings. The molecule has 2 atom stereocenters. The van der Waals surface area contributed by atoms with E-state index in [-0.39, 0.29) is 17.7 Å². The van der Waals surface area contributed by atoms with Crippen LogP contribution in [-0.2, 0) is 17.6 Å². The Kier molecular flexibility index (Phi) is 6.83. The summed E-state index contributed by atoms with van der Waals surface area (Å²) in [6.07, 6.45) is 5.32. The molecule has 0 spiro atoms. The van der Waals surface area contributed by atoms with Gasteiger partial charge in [0.25, 0.3) is 11.1 Å². The van der Waals surface area contributed by atoms with Gasteiger partial charge in [-0.1, -0.05) is 18.7 Å². The number of benzene rings is 1. The third kappa shape index (κ3) is 4.68. The molecule has 1 fully saturated rings. The molecule has 3 heterocycles. The molecular formula is C25H29N3O4S2. The van der Waals surface area contributed by atoms with E-state index in [4.69, 9.17) is 13.9 Å². The molecule has 1 aliphatic heterocycles. The van der Waals surface area contributed by atoms with E-state index in [9.17, 15) is 4.79 Å². The van der Waals surface area contributed by atoms with Crippen LogP contribution in [0.25, 0.3) is 10.8 Å². The summed E-state index contributed by atoms with van der Waals surface area (Å²) in [5.41, 5.74) is 2.39. The van der Waals surface area contributed by atoms with Crippen LogP contribution in [0, 0.1) is 5.92 Å². The second kappa shape index (κ2) is 10.00. The minimum atomic E-state index is -0.0313. The molecule has 9 heteroatoms. The molecular weight excluding hydrogens is 470 g/mol. The Morgan fingerprint density at radius 2 is 2.12 bits per heavy atom. The van der Waals surface area contributed by atoms with Gasteiger partial charge in [-0.25, -0.2) is 0 Å². The van der Waals surface area contributed by atoms with E-state index in [0.29, 0.717) is 11.1 Å². The zero-order valence-corrected chi connectivity index (χ0v) is 21.3. The number of thioether (sulfide) groups is 1. The molecule has 0 radical (unpaired) electrons. The normalized spacial score (nSPS) is 19.8. The lowest BCUT2D eigenvalue weighted by Gasteiger charge is -2.26. The van der Waals surface area contributed by atoms with Crippen molar-refractivity contribution in [3.63, 3.8) is 0 Å². The smallest absolute Gasteiger partial charge is 0.277 e. The average Bonchev–Trinajstić information content (AvgIpc) is 3.61. The Balaban J connectivity index is 1.25. The van der Waals surface area contributed by atoms with E-state index in [1.807, 2.05) is 23.1 Å². The molecule has 2 aromatic heterocycles. The van der Waals surface area contributed by atoms with Gasteiger partial charge >= 0.3 is 0 Å². The van der Waals surface area contributed by atoms with Crippen LogP contribution in [-0.4, -0.2) is 47.5 Å². The van der Waals surface area contributed by atoms with E-state index >= 15 is 0 Å². The van der Waals surface area contributed by atoms with Crippen molar-refractivity contribution in [1.29, 1.82) is 0 Å². The van der Waals surface area contributed by atoms with Crippen LogP contribution in [0.4, 0.5) is 0 Å². The van der Waals surface area contributed by atoms with Crippen LogP contribution in [0.5, 0.6) is 11.5 Å². The Bertz CT molecular complexity index is 1170. The molecule has 7 nitrogen and oxygen atoms in total. The fourth-order valence-electron chi connectivity index (χ4n) is 4.87. The van der Waals surface area contributed by atoms with Gasteiger partial charge in [-0.05, 0) is 67.9 Å². The molecule has 0 bridgehead atoms. The Hall–Kier alpha value is -2.52. The summed E-state index contributed by atoms with van der Waals surface area (Å²) in [5, 5.41) is 8.86. The summed E-state index contributed by atoms with van der Waals surface area (Å²) in [7, 11) is 3.30. The van der Waals surface area contributed by atoms with Gasteiger partial charge in [-0.2, -0.15) is 0 Å². The zero-order valence-electron chi connectivity index (χ0n) is 19.7. The van der Waals surface area contributed by atoms with Gasteiger partial charge in [0.05, 0.1) is 30.9 Å². The standard InChI is InChI=1S/C25H29N3O4S2/c1-15-6-9-21-16(11-15)12-22(34-21)24-26-27-25(32-24)33-14-23(29)28-10-4-5-19(28)18-13-17(30-2)7-8-20(18)31-3/h7-8,12-13,15,19H,4-6,9-11,14H2,1-3H3/t15-,19+/m0/s1. The maximum Gasteiger partial charge on any atom is 0.277 e. The minimum absolute atomic E-state index is 0.0313. The average molecular weight is 500 g/mol. The summed E-state index contributed by atoms with van der Waals surface area (Å²) >= 11 is 3.05. The second-order valence-electron chi connectivity index (χ2n) is 8.92. The highest BCUT2D eigenvalue weighted by atomic mass is 32.2. The van der Waals surface area contributed by atoms with Crippen LogP contribution >= 0.6 is 23.1 Å². The molecule has 180 valence electrons. The third-order valence-corrected chi connectivity index (χ3v) is 8.66. The fourth-order valence-corrected chi connectivity index (χ4v) is 6.65. The van der Waals surface area contributed by atoms with Gasteiger partial charge in [0.1, 0.15) is 11.5 Å². The number of thiophene rings is 1. The van der Waals surface area contributed by atoms with Crippen molar-refractivity contribution < 1.29 is 18.7 Å². The Morgan fingerprint density at radius 3 is 2.94 bits per heavy atom. The van der Waals surface area contributed by atoms with Crippen LogP contribution in [0.2, 0.25) is 0 Å². The Morgan fingerprint density at radius 1 is 1.24 bits per heavy atom. The van der Waals surface area contributed by atoms with Crippen molar-refractivity contribution in [3.8, 4) is 22.3 Å². The highest BCUT2D eigenvalue weighted by molar-refractivity contribution is 7.99.